The first-order chi connectivity index (χ1) is 12.4. The van der Waals surface area contributed by atoms with Crippen LogP contribution in [-0.2, 0) is 16.3 Å². The van der Waals surface area contributed by atoms with Crippen LogP contribution in [0, 0.1) is 6.92 Å². The summed E-state index contributed by atoms with van der Waals surface area (Å²) in [5.74, 6) is 0.0304. The van der Waals surface area contributed by atoms with E-state index in [2.05, 4.69) is 6.92 Å². The largest absolute Gasteiger partial charge is 0.329 e. The van der Waals surface area contributed by atoms with E-state index in [0.717, 1.165) is 23.4 Å². The number of rotatable bonds is 3. The Morgan fingerprint density at radius 1 is 0.962 bits per heavy atom. The van der Waals surface area contributed by atoms with Gasteiger partial charge in [0, 0.05) is 11.4 Å². The predicted octanol–water partition coefficient (Wildman–Crippen LogP) is 3.17. The number of aryl methyl sites for hydroxylation is 2. The highest BCUT2D eigenvalue weighted by molar-refractivity contribution is 7.91. The molecule has 2 amide bonds. The summed E-state index contributed by atoms with van der Waals surface area (Å²) in [6.45, 7) is 4.02. The molecule has 2 atom stereocenters. The first kappa shape index (κ1) is 17.1. The normalized spacial score (nSPS) is 24.2. The predicted molar refractivity (Wildman–Crippen MR) is 104 cm³/mol. The number of nitrogens with zero attached hydrogens (tertiary/aromatic N) is 2. The van der Waals surface area contributed by atoms with Gasteiger partial charge >= 0.3 is 6.03 Å². The van der Waals surface area contributed by atoms with E-state index in [9.17, 15) is 13.2 Å². The van der Waals surface area contributed by atoms with Crippen LogP contribution in [0.3, 0.4) is 0 Å². The zero-order valence-electron chi connectivity index (χ0n) is 14.9. The second kappa shape index (κ2) is 6.13. The molecule has 2 saturated heterocycles. The molecule has 0 N–H and O–H groups in total. The van der Waals surface area contributed by atoms with Gasteiger partial charge in [-0.1, -0.05) is 37.3 Å². The first-order valence-electron chi connectivity index (χ1n) is 8.88. The Labute approximate surface area is 154 Å². The summed E-state index contributed by atoms with van der Waals surface area (Å²) in [4.78, 5) is 16.6. The molecule has 26 heavy (non-hydrogen) atoms. The third-order valence-corrected chi connectivity index (χ3v) is 7.07. The van der Waals surface area contributed by atoms with Crippen LogP contribution in [0.2, 0.25) is 0 Å². The average Bonchev–Trinajstić information content (AvgIpc) is 3.05. The number of urea groups is 1. The summed E-state index contributed by atoms with van der Waals surface area (Å²) >= 11 is 0. The van der Waals surface area contributed by atoms with Gasteiger partial charge in [-0.25, -0.2) is 13.2 Å². The average molecular weight is 370 g/mol. The van der Waals surface area contributed by atoms with Crippen LogP contribution in [0.1, 0.15) is 18.1 Å². The Morgan fingerprint density at radius 2 is 1.58 bits per heavy atom. The van der Waals surface area contributed by atoms with Crippen LogP contribution in [0.15, 0.2) is 48.5 Å². The summed E-state index contributed by atoms with van der Waals surface area (Å²) in [6.07, 6.45) is 0.921. The van der Waals surface area contributed by atoms with Gasteiger partial charge in [-0.05, 0) is 42.7 Å². The van der Waals surface area contributed by atoms with Crippen LogP contribution in [-0.4, -0.2) is 38.0 Å². The highest BCUT2D eigenvalue weighted by Crippen LogP contribution is 2.38. The minimum Gasteiger partial charge on any atom is -0.288 e. The lowest BCUT2D eigenvalue weighted by Gasteiger charge is -2.24. The minimum atomic E-state index is -3.17. The Bertz CT molecular complexity index is 953. The summed E-state index contributed by atoms with van der Waals surface area (Å²) in [7, 11) is -3.17. The number of sulfone groups is 1. The van der Waals surface area contributed by atoms with E-state index in [-0.39, 0.29) is 29.6 Å². The van der Waals surface area contributed by atoms with Gasteiger partial charge in [-0.3, -0.25) is 9.80 Å². The van der Waals surface area contributed by atoms with E-state index < -0.39 is 9.84 Å². The van der Waals surface area contributed by atoms with Gasteiger partial charge in [-0.15, -0.1) is 0 Å². The number of carbonyl (C=O) groups is 1. The standard InChI is InChI=1S/C20H22N2O3S/c1-3-15-8-10-16(11-9-15)21-18-12-26(24,25)13-19(18)22(20(21)23)17-7-5-4-6-14(17)2/h4-11,18-19H,3,12-13H2,1-2H3/t18-,19+/m0/s1. The van der Waals surface area contributed by atoms with Crippen molar-refractivity contribution in [2.45, 2.75) is 32.4 Å². The molecule has 4 rings (SSSR count). The van der Waals surface area contributed by atoms with Gasteiger partial charge in [0.05, 0.1) is 23.6 Å². The molecule has 2 aliphatic heterocycles. The molecule has 2 aromatic rings. The zero-order chi connectivity index (χ0) is 18.5. The van der Waals surface area contributed by atoms with Crippen LogP contribution < -0.4 is 9.80 Å². The highest BCUT2D eigenvalue weighted by Gasteiger charge is 2.54. The van der Waals surface area contributed by atoms with Crippen molar-refractivity contribution < 1.29 is 13.2 Å². The van der Waals surface area contributed by atoms with Gasteiger partial charge < -0.3 is 0 Å². The van der Waals surface area contributed by atoms with Crippen molar-refractivity contribution in [3.8, 4) is 0 Å². The molecule has 2 aromatic carbocycles. The lowest BCUT2D eigenvalue weighted by molar-refractivity contribution is 0.255. The molecule has 0 unspecified atom stereocenters. The Balaban J connectivity index is 1.80. The van der Waals surface area contributed by atoms with E-state index in [1.54, 1.807) is 9.80 Å². The van der Waals surface area contributed by atoms with Crippen molar-refractivity contribution in [3.63, 3.8) is 0 Å². The summed E-state index contributed by atoms with van der Waals surface area (Å²) < 4.78 is 24.7. The number of benzene rings is 2. The lowest BCUT2D eigenvalue weighted by atomic mass is 10.1. The molecule has 0 aliphatic carbocycles. The third kappa shape index (κ3) is 2.69. The van der Waals surface area contributed by atoms with Crippen LogP contribution in [0.4, 0.5) is 16.2 Å². The Kier molecular flexibility index (Phi) is 4.03. The molecule has 0 bridgehead atoms. The van der Waals surface area contributed by atoms with Gasteiger partial charge in [0.25, 0.3) is 0 Å². The molecule has 0 radical (unpaired) electrons. The molecular formula is C20H22N2O3S. The van der Waals surface area contributed by atoms with E-state index in [1.165, 1.54) is 5.56 Å². The second-order valence-electron chi connectivity index (χ2n) is 7.04. The summed E-state index contributed by atoms with van der Waals surface area (Å²) in [5.41, 5.74) is 3.70. The first-order valence-corrected chi connectivity index (χ1v) is 10.7. The van der Waals surface area contributed by atoms with E-state index in [0.29, 0.717) is 0 Å². The van der Waals surface area contributed by atoms with E-state index >= 15 is 0 Å². The highest BCUT2D eigenvalue weighted by atomic mass is 32.2. The lowest BCUT2D eigenvalue weighted by Crippen LogP contribution is -2.38. The van der Waals surface area contributed by atoms with Crippen LogP contribution in [0.5, 0.6) is 0 Å². The van der Waals surface area contributed by atoms with Crippen molar-refractivity contribution in [1.29, 1.82) is 0 Å². The Hall–Kier alpha value is -2.34. The van der Waals surface area contributed by atoms with Crippen molar-refractivity contribution in [2.24, 2.45) is 0 Å². The van der Waals surface area contributed by atoms with Crippen molar-refractivity contribution >= 4 is 27.2 Å². The smallest absolute Gasteiger partial charge is 0.288 e. The number of fused-ring (bicyclic) bond motifs is 1. The fraction of sp³-hybridized carbons (Fsp3) is 0.350. The number of hydrogen-bond acceptors (Lipinski definition) is 3. The molecule has 136 valence electrons. The molecule has 2 aliphatic rings. The van der Waals surface area contributed by atoms with Crippen LogP contribution in [0.25, 0.3) is 0 Å². The Morgan fingerprint density at radius 3 is 2.19 bits per heavy atom. The third-order valence-electron chi connectivity index (χ3n) is 5.37. The van der Waals surface area contributed by atoms with Gasteiger partial charge in [0.1, 0.15) is 0 Å². The number of hydrogen-bond donors (Lipinski definition) is 0. The minimum absolute atomic E-state index is 0.0152. The molecular weight excluding hydrogens is 348 g/mol. The molecule has 0 aromatic heterocycles. The fourth-order valence-corrected chi connectivity index (χ4v) is 5.93. The molecule has 2 fully saturated rings. The quantitative estimate of drug-likeness (QED) is 0.780. The SMILES string of the molecule is CCc1ccc(N2C(=O)N(c3ccccc3C)[C@@H]3CS(=O)(=O)C[C@@H]32)cc1. The molecule has 0 spiro atoms. The van der Waals surface area contributed by atoms with E-state index in [4.69, 9.17) is 0 Å². The maximum atomic E-state index is 13.3. The maximum Gasteiger partial charge on any atom is 0.329 e. The number of carbonyl (C=O) groups excluding carboxylic acids is 1. The monoisotopic (exact) mass is 370 g/mol. The second-order valence-corrected chi connectivity index (χ2v) is 9.19. The molecule has 6 heteroatoms. The fourth-order valence-electron chi connectivity index (χ4n) is 4.01. The number of para-hydroxylation sites is 1. The van der Waals surface area contributed by atoms with E-state index in [1.807, 2.05) is 55.5 Å². The number of amides is 2. The van der Waals surface area contributed by atoms with Crippen LogP contribution >= 0.6 is 0 Å². The molecule has 0 saturated carbocycles. The topological polar surface area (TPSA) is 57.7 Å². The van der Waals surface area contributed by atoms with Gasteiger partial charge in [0.2, 0.25) is 0 Å². The zero-order valence-corrected chi connectivity index (χ0v) is 15.7. The molecule has 2 heterocycles. The number of anilines is 2. The summed E-state index contributed by atoms with van der Waals surface area (Å²) in [5, 5.41) is 0. The van der Waals surface area contributed by atoms with Crippen molar-refractivity contribution in [3.05, 3.63) is 59.7 Å². The maximum absolute atomic E-state index is 13.3. The van der Waals surface area contributed by atoms with Crippen molar-refractivity contribution in [1.82, 2.24) is 0 Å². The van der Waals surface area contributed by atoms with Gasteiger partial charge in [0.15, 0.2) is 9.84 Å². The summed E-state index contributed by atoms with van der Waals surface area (Å²) in [6, 6.07) is 14.6. The van der Waals surface area contributed by atoms with Crippen molar-refractivity contribution in [2.75, 3.05) is 21.3 Å². The van der Waals surface area contributed by atoms with Gasteiger partial charge in [-0.2, -0.15) is 0 Å². The molecule has 5 nitrogen and oxygen atoms in total.